The molecule has 2 atom stereocenters. The molecule has 1 N–H and O–H groups in total. The van der Waals surface area contributed by atoms with Gasteiger partial charge in [0.1, 0.15) is 0 Å². The van der Waals surface area contributed by atoms with Crippen molar-refractivity contribution in [3.05, 3.63) is 59.4 Å². The molecule has 1 amide bonds. The number of nitrogens with zero attached hydrogens (tertiary/aromatic N) is 1. The highest BCUT2D eigenvalue weighted by atomic mass is 19.2. The molecule has 4 rings (SSSR count). The molecule has 2 aromatic rings. The molecule has 2 aliphatic rings. The highest BCUT2D eigenvalue weighted by Crippen LogP contribution is 2.32. The van der Waals surface area contributed by atoms with Crippen LogP contribution >= 0.6 is 0 Å². The molecule has 2 fully saturated rings. The summed E-state index contributed by atoms with van der Waals surface area (Å²) in [5.74, 6) is -3.98. The molecule has 1 heterocycles. The second kappa shape index (κ2) is 5.63. The maximum Gasteiger partial charge on any atom is 0.254 e. The zero-order valence-electron chi connectivity index (χ0n) is 12.7. The van der Waals surface area contributed by atoms with Crippen LogP contribution in [0.4, 0.5) is 13.2 Å². The van der Waals surface area contributed by atoms with Gasteiger partial charge in [-0.3, -0.25) is 4.79 Å². The SMILES string of the molecule is O=C(c1ccc(-c2cc(F)c(F)c(F)c2)cc1)N1CCNC2CC21. The molecule has 1 saturated carbocycles. The zero-order chi connectivity index (χ0) is 16.8. The van der Waals surface area contributed by atoms with Gasteiger partial charge in [0.2, 0.25) is 0 Å². The Balaban J connectivity index is 1.57. The molecule has 124 valence electrons. The summed E-state index contributed by atoms with van der Waals surface area (Å²) in [6.45, 7) is 1.47. The first-order valence-electron chi connectivity index (χ1n) is 7.84. The van der Waals surface area contributed by atoms with Gasteiger partial charge >= 0.3 is 0 Å². The molecule has 6 heteroatoms. The van der Waals surface area contributed by atoms with Crippen LogP contribution in [0, 0.1) is 17.5 Å². The minimum absolute atomic E-state index is 0.0352. The summed E-state index contributed by atoms with van der Waals surface area (Å²) in [6, 6.07) is 9.07. The van der Waals surface area contributed by atoms with Crippen molar-refractivity contribution in [1.29, 1.82) is 0 Å². The summed E-state index contributed by atoms with van der Waals surface area (Å²) in [5, 5.41) is 3.34. The van der Waals surface area contributed by atoms with Crippen LogP contribution in [-0.4, -0.2) is 36.0 Å². The van der Waals surface area contributed by atoms with E-state index in [1.807, 2.05) is 4.90 Å². The Morgan fingerprint density at radius 1 is 1.04 bits per heavy atom. The molecule has 0 aromatic heterocycles. The Hall–Kier alpha value is -2.34. The molecule has 3 nitrogen and oxygen atoms in total. The fourth-order valence-corrected chi connectivity index (χ4v) is 3.23. The molecule has 1 aliphatic carbocycles. The second-order valence-corrected chi connectivity index (χ2v) is 6.19. The number of rotatable bonds is 2. The van der Waals surface area contributed by atoms with Crippen LogP contribution in [0.2, 0.25) is 0 Å². The fraction of sp³-hybridized carbons (Fsp3) is 0.278. The molecular formula is C18H15F3N2O. The van der Waals surface area contributed by atoms with Gasteiger partial charge < -0.3 is 10.2 Å². The number of amides is 1. The van der Waals surface area contributed by atoms with E-state index in [9.17, 15) is 18.0 Å². The minimum Gasteiger partial charge on any atom is -0.333 e. The van der Waals surface area contributed by atoms with Crippen molar-refractivity contribution in [3.8, 4) is 11.1 Å². The Kier molecular flexibility index (Phi) is 3.57. The van der Waals surface area contributed by atoms with Crippen molar-refractivity contribution in [2.45, 2.75) is 18.5 Å². The average molecular weight is 332 g/mol. The third kappa shape index (κ3) is 2.57. The molecular weight excluding hydrogens is 317 g/mol. The quantitative estimate of drug-likeness (QED) is 0.858. The molecule has 1 saturated heterocycles. The number of fused-ring (bicyclic) bond motifs is 1. The van der Waals surface area contributed by atoms with Gasteiger partial charge in [-0.05, 0) is 41.8 Å². The van der Waals surface area contributed by atoms with Crippen LogP contribution in [0.25, 0.3) is 11.1 Å². The molecule has 0 bridgehead atoms. The number of halogens is 3. The van der Waals surface area contributed by atoms with Gasteiger partial charge in [-0.2, -0.15) is 0 Å². The van der Waals surface area contributed by atoms with Crippen LogP contribution in [0.15, 0.2) is 36.4 Å². The number of carbonyl (C=O) groups is 1. The highest BCUT2D eigenvalue weighted by molar-refractivity contribution is 5.95. The fourth-order valence-electron chi connectivity index (χ4n) is 3.23. The lowest BCUT2D eigenvalue weighted by Gasteiger charge is -2.27. The van der Waals surface area contributed by atoms with Gasteiger partial charge in [-0.15, -0.1) is 0 Å². The topological polar surface area (TPSA) is 32.3 Å². The van der Waals surface area contributed by atoms with Crippen LogP contribution < -0.4 is 5.32 Å². The molecule has 2 unspecified atom stereocenters. The van der Waals surface area contributed by atoms with Crippen LogP contribution in [0.3, 0.4) is 0 Å². The van der Waals surface area contributed by atoms with E-state index in [1.165, 1.54) is 0 Å². The number of hydrogen-bond acceptors (Lipinski definition) is 2. The maximum absolute atomic E-state index is 13.3. The number of benzene rings is 2. The van der Waals surface area contributed by atoms with E-state index >= 15 is 0 Å². The lowest BCUT2D eigenvalue weighted by atomic mass is 10.0. The summed E-state index contributed by atoms with van der Waals surface area (Å²) in [5.41, 5.74) is 1.29. The van der Waals surface area contributed by atoms with E-state index in [0.29, 0.717) is 23.7 Å². The summed E-state index contributed by atoms with van der Waals surface area (Å²) < 4.78 is 39.7. The maximum atomic E-state index is 13.3. The Morgan fingerprint density at radius 3 is 2.38 bits per heavy atom. The third-order valence-corrected chi connectivity index (χ3v) is 4.63. The molecule has 24 heavy (non-hydrogen) atoms. The van der Waals surface area contributed by atoms with Crippen molar-refractivity contribution in [1.82, 2.24) is 10.2 Å². The van der Waals surface area contributed by atoms with E-state index in [2.05, 4.69) is 5.32 Å². The first-order valence-corrected chi connectivity index (χ1v) is 7.84. The summed E-state index contributed by atoms with van der Waals surface area (Å²) in [6.07, 6.45) is 0.984. The Labute approximate surface area is 137 Å². The standard InChI is InChI=1S/C18H15F3N2O/c19-13-7-12(8-14(20)17(13)21)10-1-3-11(4-2-10)18(24)23-6-5-22-15-9-16(15)23/h1-4,7-8,15-16,22H,5-6,9H2. The van der Waals surface area contributed by atoms with Crippen molar-refractivity contribution >= 4 is 5.91 Å². The first kappa shape index (κ1) is 15.2. The molecule has 2 aromatic carbocycles. The first-order chi connectivity index (χ1) is 11.5. The molecule has 1 aliphatic heterocycles. The second-order valence-electron chi connectivity index (χ2n) is 6.19. The predicted octanol–water partition coefficient (Wildman–Crippen LogP) is 2.96. The zero-order valence-corrected chi connectivity index (χ0v) is 12.7. The van der Waals surface area contributed by atoms with E-state index in [1.54, 1.807) is 24.3 Å². The largest absolute Gasteiger partial charge is 0.333 e. The highest BCUT2D eigenvalue weighted by Gasteiger charge is 2.46. The predicted molar refractivity (Wildman–Crippen MR) is 83.0 cm³/mol. The lowest BCUT2D eigenvalue weighted by Crippen LogP contribution is -2.46. The van der Waals surface area contributed by atoms with Crippen molar-refractivity contribution in [2.75, 3.05) is 13.1 Å². The molecule has 0 radical (unpaired) electrons. The smallest absolute Gasteiger partial charge is 0.254 e. The Bertz CT molecular complexity index is 783. The number of piperazine rings is 1. The van der Waals surface area contributed by atoms with Gasteiger partial charge in [-0.25, -0.2) is 13.2 Å². The number of hydrogen-bond donors (Lipinski definition) is 1. The third-order valence-electron chi connectivity index (χ3n) is 4.63. The van der Waals surface area contributed by atoms with Crippen molar-refractivity contribution in [3.63, 3.8) is 0 Å². The van der Waals surface area contributed by atoms with Crippen LogP contribution in [0.5, 0.6) is 0 Å². The van der Waals surface area contributed by atoms with E-state index in [-0.39, 0.29) is 17.5 Å². The van der Waals surface area contributed by atoms with Crippen molar-refractivity contribution in [2.24, 2.45) is 0 Å². The van der Waals surface area contributed by atoms with Crippen LogP contribution in [0.1, 0.15) is 16.8 Å². The number of carbonyl (C=O) groups excluding carboxylic acids is 1. The van der Waals surface area contributed by atoms with Gasteiger partial charge in [-0.1, -0.05) is 12.1 Å². The summed E-state index contributed by atoms with van der Waals surface area (Å²) >= 11 is 0. The van der Waals surface area contributed by atoms with Crippen molar-refractivity contribution < 1.29 is 18.0 Å². The summed E-state index contributed by atoms with van der Waals surface area (Å²) in [4.78, 5) is 14.4. The van der Waals surface area contributed by atoms with Gasteiger partial charge in [0.25, 0.3) is 5.91 Å². The van der Waals surface area contributed by atoms with Crippen LogP contribution in [-0.2, 0) is 0 Å². The monoisotopic (exact) mass is 332 g/mol. The van der Waals surface area contributed by atoms with E-state index in [4.69, 9.17) is 0 Å². The molecule has 0 spiro atoms. The van der Waals surface area contributed by atoms with Gasteiger partial charge in [0.15, 0.2) is 17.5 Å². The normalized spacial score (nSPS) is 22.2. The Morgan fingerprint density at radius 2 is 1.71 bits per heavy atom. The van der Waals surface area contributed by atoms with Gasteiger partial charge in [0, 0.05) is 30.7 Å². The van der Waals surface area contributed by atoms with E-state index in [0.717, 1.165) is 25.1 Å². The summed E-state index contributed by atoms with van der Waals surface area (Å²) in [7, 11) is 0. The average Bonchev–Trinajstić information content (AvgIpc) is 3.38. The van der Waals surface area contributed by atoms with E-state index < -0.39 is 17.5 Å². The van der Waals surface area contributed by atoms with Gasteiger partial charge in [0.05, 0.1) is 0 Å². The lowest BCUT2D eigenvalue weighted by molar-refractivity contribution is 0.0719. The number of nitrogens with one attached hydrogen (secondary N) is 1. The minimum atomic E-state index is -1.48.